The highest BCUT2D eigenvalue weighted by molar-refractivity contribution is 5.80. The van der Waals surface area contributed by atoms with Gasteiger partial charge in [0.1, 0.15) is 24.6 Å². The first-order valence-corrected chi connectivity index (χ1v) is 23.2. The maximum atomic E-state index is 14.4. The van der Waals surface area contributed by atoms with Crippen molar-refractivity contribution < 1.29 is 54.1 Å². The Bertz CT molecular complexity index is 1820. The number of ether oxygens (including phenoxy) is 3. The topological polar surface area (TPSA) is 192 Å². The van der Waals surface area contributed by atoms with Gasteiger partial charge in [0.05, 0.1) is 18.1 Å². The van der Waals surface area contributed by atoms with Crippen LogP contribution < -0.4 is 5.32 Å². The van der Waals surface area contributed by atoms with E-state index in [0.29, 0.717) is 25.9 Å². The predicted octanol–water partition coefficient (Wildman–Crippen LogP) is 5.37. The Balaban J connectivity index is 1.22. The van der Waals surface area contributed by atoms with Gasteiger partial charge in [-0.25, -0.2) is 4.79 Å². The van der Waals surface area contributed by atoms with Crippen molar-refractivity contribution in [3.05, 3.63) is 23.8 Å². The van der Waals surface area contributed by atoms with Crippen LogP contribution in [0.15, 0.2) is 23.8 Å². The minimum atomic E-state index is -1.79. The number of methoxy groups -OCH3 is 1. The molecule has 0 aromatic carbocycles. The highest BCUT2D eigenvalue weighted by Crippen LogP contribution is 2.86. The number of carboxylic acids is 2. The minimum absolute atomic E-state index is 0.0677. The smallest absolute Gasteiger partial charge is 0.335 e. The van der Waals surface area contributed by atoms with E-state index in [0.717, 1.165) is 77.0 Å². The van der Waals surface area contributed by atoms with E-state index in [4.69, 9.17) is 14.2 Å². The summed E-state index contributed by atoms with van der Waals surface area (Å²) in [6, 6.07) is 0. The lowest BCUT2D eigenvalue weighted by Crippen LogP contribution is -2.76. The third-order valence-corrected chi connectivity index (χ3v) is 20.1. The molecule has 0 aromatic heterocycles. The lowest BCUT2D eigenvalue weighted by Gasteiger charge is -2.81. The summed E-state index contributed by atoms with van der Waals surface area (Å²) in [5.41, 5.74) is -1.51. The first kappa shape index (κ1) is 43.1. The van der Waals surface area contributed by atoms with Gasteiger partial charge in [-0.05, 0) is 141 Å². The Morgan fingerprint density at radius 1 is 1.02 bits per heavy atom. The Hall–Kier alpha value is -2.19. The van der Waals surface area contributed by atoms with Gasteiger partial charge in [-0.3, -0.25) is 4.79 Å². The highest BCUT2D eigenvalue weighted by Gasteiger charge is 2.81. The first-order valence-electron chi connectivity index (χ1n) is 23.2. The maximum Gasteiger partial charge on any atom is 0.335 e. The van der Waals surface area contributed by atoms with Gasteiger partial charge in [-0.1, -0.05) is 57.9 Å². The first-order chi connectivity index (χ1) is 28.4. The second-order valence-corrected chi connectivity index (χ2v) is 22.6. The maximum absolute atomic E-state index is 14.4. The van der Waals surface area contributed by atoms with Crippen LogP contribution in [0.5, 0.6) is 0 Å². The molecule has 19 atom stereocenters. The summed E-state index contributed by atoms with van der Waals surface area (Å²) < 4.78 is 18.4. The molecule has 1 saturated heterocycles. The fourth-order valence-electron chi connectivity index (χ4n) is 18.6. The number of aliphatic carboxylic acids is 2. The molecule has 1 aliphatic heterocycles. The van der Waals surface area contributed by atoms with E-state index in [1.54, 1.807) is 7.11 Å². The second-order valence-electron chi connectivity index (χ2n) is 22.6. The molecule has 2 bridgehead atoms. The van der Waals surface area contributed by atoms with E-state index in [9.17, 15) is 39.9 Å². The average Bonchev–Trinajstić information content (AvgIpc) is 3.18. The highest BCUT2D eigenvalue weighted by atomic mass is 16.7. The molecule has 12 nitrogen and oxygen atoms in total. The number of aliphatic hydroxyl groups is 3. The molecule has 0 radical (unpaired) electrons. The fourth-order valence-corrected chi connectivity index (χ4v) is 18.6. The van der Waals surface area contributed by atoms with E-state index in [1.807, 2.05) is 7.05 Å². The normalized spacial score (nSPS) is 53.1. The second kappa shape index (κ2) is 14.4. The molecule has 19 unspecified atom stereocenters. The number of rotatable bonds is 11. The fraction of sp³-hybridized carbons (Fsp3) is 0.854. The molecular formula is C48H71NO11. The molecule has 9 rings (SSSR count). The van der Waals surface area contributed by atoms with E-state index >= 15 is 0 Å². The molecule has 8 aliphatic carbocycles. The van der Waals surface area contributed by atoms with E-state index in [2.05, 4.69) is 51.2 Å². The summed E-state index contributed by atoms with van der Waals surface area (Å²) in [6.07, 6.45) is 10.5. The summed E-state index contributed by atoms with van der Waals surface area (Å²) in [7, 11) is 3.72. The SMILES string of the molecule is CNCC1CC2C=C3C45C=CCC(C)(CC(COC)C4(C(=O)O)CC4CCCC6(CCC7C(C)(C)C(OC8OC(C(=O)O)C(O)C(O)C8O)CC1C7(C)C26)C34CCC=O)C5. The lowest BCUT2D eigenvalue weighted by atomic mass is 9.22. The van der Waals surface area contributed by atoms with Gasteiger partial charge < -0.3 is 49.9 Å². The summed E-state index contributed by atoms with van der Waals surface area (Å²) in [6.45, 7) is 10.6. The van der Waals surface area contributed by atoms with Crippen LogP contribution in [0.3, 0.4) is 0 Å². The van der Waals surface area contributed by atoms with Crippen molar-refractivity contribution >= 4 is 18.2 Å². The molecule has 0 aromatic rings. The molecule has 60 heavy (non-hydrogen) atoms. The number of allylic oxidation sites excluding steroid dienone is 4. The van der Waals surface area contributed by atoms with Crippen LogP contribution >= 0.6 is 0 Å². The van der Waals surface area contributed by atoms with Crippen LogP contribution in [0.1, 0.15) is 111 Å². The monoisotopic (exact) mass is 838 g/mol. The molecule has 12 heteroatoms. The largest absolute Gasteiger partial charge is 0.481 e. The van der Waals surface area contributed by atoms with E-state index in [-0.39, 0.29) is 63.1 Å². The van der Waals surface area contributed by atoms with E-state index < -0.39 is 65.0 Å². The number of aliphatic hydroxyl groups excluding tert-OH is 3. The zero-order valence-electron chi connectivity index (χ0n) is 36.6. The predicted molar refractivity (Wildman–Crippen MR) is 220 cm³/mol. The number of hydrogen-bond donors (Lipinski definition) is 6. The zero-order valence-corrected chi connectivity index (χ0v) is 36.6. The van der Waals surface area contributed by atoms with Crippen LogP contribution in [-0.4, -0.2) is 108 Å². The van der Waals surface area contributed by atoms with Crippen molar-refractivity contribution in [2.45, 2.75) is 148 Å². The van der Waals surface area contributed by atoms with Crippen molar-refractivity contribution in [1.82, 2.24) is 5.32 Å². The van der Waals surface area contributed by atoms with Crippen LogP contribution in [0.2, 0.25) is 0 Å². The Kier molecular flexibility index (Phi) is 10.3. The average molecular weight is 838 g/mol. The molecule has 334 valence electrons. The summed E-state index contributed by atoms with van der Waals surface area (Å²) in [5, 5.41) is 57.6. The molecule has 6 N–H and O–H groups in total. The van der Waals surface area contributed by atoms with Crippen LogP contribution in [-0.2, 0) is 28.6 Å². The van der Waals surface area contributed by atoms with Gasteiger partial charge in [0.15, 0.2) is 12.4 Å². The molecule has 0 amide bonds. The zero-order chi connectivity index (χ0) is 43.0. The number of nitrogens with one attached hydrogen (secondary N) is 1. The number of hydrogen-bond acceptors (Lipinski definition) is 10. The van der Waals surface area contributed by atoms with Gasteiger partial charge in [0, 0.05) is 30.3 Å². The van der Waals surface area contributed by atoms with Crippen molar-refractivity contribution in [2.24, 2.45) is 79.3 Å². The lowest BCUT2D eigenvalue weighted by molar-refractivity contribution is -0.340. The quantitative estimate of drug-likeness (QED) is 0.0887. The Morgan fingerprint density at radius 2 is 1.78 bits per heavy atom. The number of carbonyl (C=O) groups excluding carboxylic acids is 1. The summed E-state index contributed by atoms with van der Waals surface area (Å²) in [4.78, 5) is 39.3. The van der Waals surface area contributed by atoms with Crippen molar-refractivity contribution in [3.8, 4) is 0 Å². The van der Waals surface area contributed by atoms with Gasteiger partial charge in [-0.15, -0.1) is 0 Å². The molecule has 7 fully saturated rings. The molecule has 1 heterocycles. The minimum Gasteiger partial charge on any atom is -0.481 e. The van der Waals surface area contributed by atoms with Gasteiger partial charge in [-0.2, -0.15) is 0 Å². The molecule has 2 spiro atoms. The summed E-state index contributed by atoms with van der Waals surface area (Å²) >= 11 is 0. The third kappa shape index (κ3) is 5.30. The molecule has 6 saturated carbocycles. The number of carbonyl (C=O) groups is 3. The standard InChI is InChI=1S/C48H71NO11/c1-42(2)31-11-16-45-13-7-10-28-22-48(41(56)57)29(24-58-6)21-43(3)12-8-14-46(48,25-43)32(47(28,45)15-9-17-50)19-26-18-27(23-49-5)30(44(31,4)38(26)45)20-33(42)59-40-36(53)34(51)35(52)37(60-40)39(54)55/h8,14,17,19,26-31,33-38,40,49,51-53H,7,9-13,15-16,18,20-25H2,1-6H3,(H,54,55)(H,56,57). The number of aldehydes is 1. The number of carboxylic acid groups (broad SMARTS) is 2. The van der Waals surface area contributed by atoms with Crippen LogP contribution in [0.25, 0.3) is 0 Å². The van der Waals surface area contributed by atoms with Crippen LogP contribution in [0, 0.1) is 79.3 Å². The van der Waals surface area contributed by atoms with Gasteiger partial charge in [0.2, 0.25) is 0 Å². The van der Waals surface area contributed by atoms with Gasteiger partial charge in [0.25, 0.3) is 0 Å². The third-order valence-electron chi connectivity index (χ3n) is 20.1. The molecule has 9 aliphatic rings. The Labute approximate surface area is 355 Å². The summed E-state index contributed by atoms with van der Waals surface area (Å²) in [5.74, 6) is -1.04. The van der Waals surface area contributed by atoms with Gasteiger partial charge >= 0.3 is 11.9 Å². The van der Waals surface area contributed by atoms with Crippen LogP contribution in [0.4, 0.5) is 0 Å². The molecular weight excluding hydrogens is 767 g/mol. The van der Waals surface area contributed by atoms with Crippen molar-refractivity contribution in [3.63, 3.8) is 0 Å². The van der Waals surface area contributed by atoms with Crippen molar-refractivity contribution in [2.75, 3.05) is 27.3 Å². The Morgan fingerprint density at radius 3 is 2.47 bits per heavy atom. The number of fused-ring (bicyclic) bond motifs is 1. The van der Waals surface area contributed by atoms with E-state index in [1.165, 1.54) is 5.57 Å². The van der Waals surface area contributed by atoms with Crippen molar-refractivity contribution in [1.29, 1.82) is 0 Å².